The SMILES string of the molecule is CCc1cc2cc3c(cc2nc1SCC(=O)NNC(=O)c1ccco1)OCCO3. The quantitative estimate of drug-likeness (QED) is 0.490. The highest BCUT2D eigenvalue weighted by molar-refractivity contribution is 7.99. The fourth-order valence-electron chi connectivity index (χ4n) is 2.88. The molecular weight excluding hydrogens is 394 g/mol. The predicted molar refractivity (Wildman–Crippen MR) is 107 cm³/mol. The first-order valence-electron chi connectivity index (χ1n) is 9.13. The van der Waals surface area contributed by atoms with Crippen molar-refractivity contribution in [1.29, 1.82) is 0 Å². The van der Waals surface area contributed by atoms with E-state index in [2.05, 4.69) is 16.9 Å². The van der Waals surface area contributed by atoms with E-state index in [0.29, 0.717) is 19.0 Å². The van der Waals surface area contributed by atoms with Crippen LogP contribution in [0.1, 0.15) is 23.0 Å². The van der Waals surface area contributed by atoms with Crippen LogP contribution < -0.4 is 20.3 Å². The topological polar surface area (TPSA) is 103 Å². The molecular formula is C20H19N3O5S. The normalized spacial score (nSPS) is 12.6. The molecule has 1 aromatic carbocycles. The van der Waals surface area contributed by atoms with Crippen LogP contribution in [0.15, 0.2) is 46.0 Å². The number of aryl methyl sites for hydroxylation is 1. The van der Waals surface area contributed by atoms with Gasteiger partial charge >= 0.3 is 5.91 Å². The van der Waals surface area contributed by atoms with Gasteiger partial charge < -0.3 is 13.9 Å². The average molecular weight is 413 g/mol. The van der Waals surface area contributed by atoms with Crippen molar-refractivity contribution in [2.24, 2.45) is 0 Å². The molecule has 1 aliphatic rings. The van der Waals surface area contributed by atoms with Crippen LogP contribution in [0.4, 0.5) is 0 Å². The molecule has 0 atom stereocenters. The molecule has 0 bridgehead atoms. The molecule has 2 aromatic heterocycles. The minimum absolute atomic E-state index is 0.106. The number of hydrogen-bond acceptors (Lipinski definition) is 7. The Morgan fingerprint density at radius 2 is 1.93 bits per heavy atom. The van der Waals surface area contributed by atoms with Crippen molar-refractivity contribution in [3.63, 3.8) is 0 Å². The summed E-state index contributed by atoms with van der Waals surface area (Å²) in [5, 5.41) is 1.73. The van der Waals surface area contributed by atoms with E-state index in [0.717, 1.165) is 33.7 Å². The van der Waals surface area contributed by atoms with Crippen LogP contribution in [0.5, 0.6) is 11.5 Å². The van der Waals surface area contributed by atoms with Gasteiger partial charge in [0.25, 0.3) is 0 Å². The molecule has 0 saturated heterocycles. The summed E-state index contributed by atoms with van der Waals surface area (Å²) >= 11 is 1.31. The average Bonchev–Trinajstić information content (AvgIpc) is 3.29. The molecule has 3 aromatic rings. The third kappa shape index (κ3) is 4.29. The number of hydrogen-bond donors (Lipinski definition) is 2. The molecule has 0 fully saturated rings. The molecule has 0 spiro atoms. The van der Waals surface area contributed by atoms with Gasteiger partial charge in [0, 0.05) is 11.5 Å². The third-order valence-corrected chi connectivity index (χ3v) is 5.33. The van der Waals surface area contributed by atoms with E-state index in [-0.39, 0.29) is 17.4 Å². The van der Waals surface area contributed by atoms with Crippen LogP contribution in [0.25, 0.3) is 10.9 Å². The van der Waals surface area contributed by atoms with E-state index >= 15 is 0 Å². The maximum atomic E-state index is 12.1. The lowest BCUT2D eigenvalue weighted by Gasteiger charge is -2.19. The maximum Gasteiger partial charge on any atom is 0.305 e. The van der Waals surface area contributed by atoms with Crippen molar-refractivity contribution < 1.29 is 23.5 Å². The van der Waals surface area contributed by atoms with E-state index in [1.54, 1.807) is 6.07 Å². The van der Waals surface area contributed by atoms with Gasteiger partial charge in [0.1, 0.15) is 18.2 Å². The number of hydrazine groups is 1. The highest BCUT2D eigenvalue weighted by Crippen LogP contribution is 2.35. The number of pyridine rings is 1. The van der Waals surface area contributed by atoms with Crippen molar-refractivity contribution in [3.05, 3.63) is 47.9 Å². The number of rotatable bonds is 5. The van der Waals surface area contributed by atoms with Crippen molar-refractivity contribution in [2.45, 2.75) is 18.4 Å². The second kappa shape index (κ2) is 8.44. The number of aromatic nitrogens is 1. The van der Waals surface area contributed by atoms with E-state index in [9.17, 15) is 9.59 Å². The fourth-order valence-corrected chi connectivity index (χ4v) is 3.77. The van der Waals surface area contributed by atoms with Crippen LogP contribution in [-0.4, -0.2) is 35.8 Å². The monoisotopic (exact) mass is 413 g/mol. The van der Waals surface area contributed by atoms with Crippen molar-refractivity contribution >= 4 is 34.5 Å². The zero-order chi connectivity index (χ0) is 20.2. The summed E-state index contributed by atoms with van der Waals surface area (Å²) in [6.07, 6.45) is 2.16. The summed E-state index contributed by atoms with van der Waals surface area (Å²) in [5.74, 6) is 0.764. The number of nitrogens with zero attached hydrogens (tertiary/aromatic N) is 1. The Morgan fingerprint density at radius 3 is 2.66 bits per heavy atom. The van der Waals surface area contributed by atoms with E-state index < -0.39 is 5.91 Å². The van der Waals surface area contributed by atoms with Gasteiger partial charge in [-0.3, -0.25) is 20.4 Å². The number of nitrogens with one attached hydrogen (secondary N) is 2. The lowest BCUT2D eigenvalue weighted by atomic mass is 10.1. The number of ether oxygens (including phenoxy) is 2. The van der Waals surface area contributed by atoms with Gasteiger partial charge in [-0.25, -0.2) is 4.98 Å². The van der Waals surface area contributed by atoms with Gasteiger partial charge in [0.05, 0.1) is 17.5 Å². The van der Waals surface area contributed by atoms with Crippen LogP contribution in [0.3, 0.4) is 0 Å². The Hall–Kier alpha value is -3.20. The smallest absolute Gasteiger partial charge is 0.305 e. The summed E-state index contributed by atoms with van der Waals surface area (Å²) in [4.78, 5) is 28.6. The standard InChI is InChI=1S/C20H19N3O5S/c1-2-12-8-13-9-16-17(28-7-6-27-16)10-14(13)21-20(12)29-11-18(24)22-23-19(25)15-4-3-5-26-15/h3-5,8-10H,2,6-7,11H2,1H3,(H,22,24)(H,23,25). The van der Waals surface area contributed by atoms with Crippen molar-refractivity contribution in [2.75, 3.05) is 19.0 Å². The Morgan fingerprint density at radius 1 is 1.14 bits per heavy atom. The lowest BCUT2D eigenvalue weighted by molar-refractivity contribution is -0.119. The second-order valence-corrected chi connectivity index (χ2v) is 7.23. The zero-order valence-corrected chi connectivity index (χ0v) is 16.5. The third-order valence-electron chi connectivity index (χ3n) is 4.30. The number of carbonyl (C=O) groups excluding carboxylic acids is 2. The van der Waals surface area contributed by atoms with Gasteiger partial charge in [-0.2, -0.15) is 0 Å². The first-order valence-corrected chi connectivity index (χ1v) is 10.1. The number of amides is 2. The Kier molecular flexibility index (Phi) is 5.57. The molecule has 2 N–H and O–H groups in total. The van der Waals surface area contributed by atoms with Crippen molar-refractivity contribution in [3.8, 4) is 11.5 Å². The molecule has 2 amide bonds. The fraction of sp³-hybridized carbons (Fsp3) is 0.250. The van der Waals surface area contributed by atoms with Gasteiger partial charge in [-0.1, -0.05) is 18.7 Å². The molecule has 0 radical (unpaired) electrons. The van der Waals surface area contributed by atoms with Gasteiger partial charge in [0.2, 0.25) is 5.91 Å². The summed E-state index contributed by atoms with van der Waals surface area (Å²) in [6, 6.07) is 8.95. The Balaban J connectivity index is 1.44. The summed E-state index contributed by atoms with van der Waals surface area (Å²) in [5.41, 5.74) is 6.50. The number of benzene rings is 1. The highest BCUT2D eigenvalue weighted by Gasteiger charge is 2.16. The van der Waals surface area contributed by atoms with Gasteiger partial charge in [-0.15, -0.1) is 0 Å². The first kappa shape index (κ1) is 19.1. The number of furan rings is 1. The molecule has 1 aliphatic heterocycles. The minimum Gasteiger partial charge on any atom is -0.486 e. The molecule has 0 unspecified atom stereocenters. The minimum atomic E-state index is -0.515. The summed E-state index contributed by atoms with van der Waals surface area (Å²) in [6.45, 7) is 3.08. The molecule has 8 nitrogen and oxygen atoms in total. The van der Waals surface area contributed by atoms with E-state index in [4.69, 9.17) is 18.9 Å². The molecule has 9 heteroatoms. The van der Waals surface area contributed by atoms with Gasteiger partial charge in [0.15, 0.2) is 17.3 Å². The van der Waals surface area contributed by atoms with Crippen LogP contribution in [0, 0.1) is 0 Å². The molecule has 3 heterocycles. The van der Waals surface area contributed by atoms with Crippen LogP contribution >= 0.6 is 11.8 Å². The Bertz CT molecular complexity index is 1050. The molecule has 0 saturated carbocycles. The summed E-state index contributed by atoms with van der Waals surface area (Å²) < 4.78 is 16.2. The maximum absolute atomic E-state index is 12.1. The van der Waals surface area contributed by atoms with E-state index in [1.165, 1.54) is 24.1 Å². The number of thioether (sulfide) groups is 1. The molecule has 150 valence electrons. The van der Waals surface area contributed by atoms with E-state index in [1.807, 2.05) is 19.1 Å². The number of carbonyl (C=O) groups is 2. The predicted octanol–water partition coefficient (Wildman–Crippen LogP) is 2.71. The zero-order valence-electron chi connectivity index (χ0n) is 15.7. The molecule has 4 rings (SSSR count). The molecule has 0 aliphatic carbocycles. The van der Waals surface area contributed by atoms with Crippen molar-refractivity contribution in [1.82, 2.24) is 15.8 Å². The molecule has 29 heavy (non-hydrogen) atoms. The summed E-state index contributed by atoms with van der Waals surface area (Å²) in [7, 11) is 0. The first-order chi connectivity index (χ1) is 14.1. The van der Waals surface area contributed by atoms with Crippen LogP contribution in [0.2, 0.25) is 0 Å². The van der Waals surface area contributed by atoms with Gasteiger partial charge in [-0.05, 0) is 36.2 Å². The second-order valence-electron chi connectivity index (χ2n) is 6.26. The number of fused-ring (bicyclic) bond motifs is 2. The van der Waals surface area contributed by atoms with Crippen LogP contribution in [-0.2, 0) is 11.2 Å². The highest BCUT2D eigenvalue weighted by atomic mass is 32.2. The lowest BCUT2D eigenvalue weighted by Crippen LogP contribution is -2.42. The largest absolute Gasteiger partial charge is 0.486 e. The Labute approximate surface area is 170 Å².